The van der Waals surface area contributed by atoms with Crippen LogP contribution in [0.25, 0.3) is 0 Å². The Kier molecular flexibility index (Phi) is 6.02. The molecule has 1 heterocycles. The number of fused-ring (bicyclic) bond motifs is 5. The number of hydrogen-bond donors (Lipinski definition) is 1. The van der Waals surface area contributed by atoms with Gasteiger partial charge in [0.15, 0.2) is 6.61 Å². The molecule has 0 spiro atoms. The molecule has 0 unspecified atom stereocenters. The first kappa shape index (κ1) is 22.5. The van der Waals surface area contributed by atoms with Crippen LogP contribution in [0, 0.1) is 37.5 Å². The van der Waals surface area contributed by atoms with Crippen molar-refractivity contribution in [2.45, 2.75) is 42.9 Å². The van der Waals surface area contributed by atoms with Crippen molar-refractivity contribution in [1.29, 1.82) is 0 Å². The van der Waals surface area contributed by atoms with Crippen molar-refractivity contribution in [1.82, 2.24) is 4.90 Å². The molecule has 0 radical (unpaired) electrons. The summed E-state index contributed by atoms with van der Waals surface area (Å²) in [4.78, 5) is 52.1. The Hall–Kier alpha value is -1.74. The van der Waals surface area contributed by atoms with Crippen molar-refractivity contribution in [3.8, 4) is 0 Å². The number of aryl methyl sites for hydroxylation is 2. The SMILES string of the molecule is Cc1ccc(NC(=O)COC(=O)[C@H](C)N2C(=O)[C@@H]3[C@H]4C[C@@H]([C@@H](Br)[C@H]4Br)[C@H]3C2=O)c(C)c1. The summed E-state index contributed by atoms with van der Waals surface area (Å²) in [5, 5.41) is 2.71. The lowest BCUT2D eigenvalue weighted by atomic mass is 9.81. The highest BCUT2D eigenvalue weighted by atomic mass is 79.9. The van der Waals surface area contributed by atoms with Crippen LogP contribution in [0.1, 0.15) is 24.5 Å². The minimum Gasteiger partial charge on any atom is -0.454 e. The third-order valence-corrected chi connectivity index (χ3v) is 9.96. The number of carbonyl (C=O) groups excluding carboxylic acids is 4. The van der Waals surface area contributed by atoms with E-state index in [1.807, 2.05) is 26.0 Å². The zero-order chi connectivity index (χ0) is 22.6. The van der Waals surface area contributed by atoms with Gasteiger partial charge in [-0.05, 0) is 50.7 Å². The van der Waals surface area contributed by atoms with Crippen LogP contribution in [-0.4, -0.2) is 50.9 Å². The summed E-state index contributed by atoms with van der Waals surface area (Å²) >= 11 is 7.28. The molecule has 31 heavy (non-hydrogen) atoms. The van der Waals surface area contributed by atoms with Crippen LogP contribution in [0.3, 0.4) is 0 Å². The molecule has 1 aliphatic heterocycles. The lowest BCUT2D eigenvalue weighted by molar-refractivity contribution is -0.159. The molecular weight excluding hydrogens is 532 g/mol. The number of anilines is 1. The topological polar surface area (TPSA) is 92.8 Å². The van der Waals surface area contributed by atoms with E-state index in [1.54, 1.807) is 6.07 Å². The number of carbonyl (C=O) groups is 4. The van der Waals surface area contributed by atoms with E-state index >= 15 is 0 Å². The Morgan fingerprint density at radius 2 is 1.71 bits per heavy atom. The minimum absolute atomic E-state index is 0.0765. The van der Waals surface area contributed by atoms with Crippen LogP contribution >= 0.6 is 31.9 Å². The molecule has 2 aliphatic carbocycles. The maximum atomic E-state index is 13.0. The van der Waals surface area contributed by atoms with Gasteiger partial charge in [0.25, 0.3) is 5.91 Å². The molecule has 1 saturated heterocycles. The van der Waals surface area contributed by atoms with Crippen LogP contribution in [0.5, 0.6) is 0 Å². The fourth-order valence-corrected chi connectivity index (χ4v) is 7.13. The van der Waals surface area contributed by atoms with E-state index in [0.29, 0.717) is 5.69 Å². The summed E-state index contributed by atoms with van der Waals surface area (Å²) in [6, 6.07) is 4.53. The maximum absolute atomic E-state index is 13.0. The van der Waals surface area contributed by atoms with Crippen LogP contribution in [-0.2, 0) is 23.9 Å². The van der Waals surface area contributed by atoms with Crippen molar-refractivity contribution in [2.75, 3.05) is 11.9 Å². The number of amides is 3. The number of imide groups is 1. The molecule has 3 fully saturated rings. The number of benzene rings is 1. The number of likely N-dealkylation sites (tertiary alicyclic amines) is 1. The average molecular weight is 556 g/mol. The Bertz CT molecular complexity index is 935. The van der Waals surface area contributed by atoms with E-state index in [4.69, 9.17) is 4.74 Å². The Morgan fingerprint density at radius 1 is 1.13 bits per heavy atom. The van der Waals surface area contributed by atoms with Crippen molar-refractivity contribution in [3.63, 3.8) is 0 Å². The van der Waals surface area contributed by atoms with Gasteiger partial charge in [-0.15, -0.1) is 0 Å². The number of ether oxygens (including phenoxy) is 1. The predicted octanol–water partition coefficient (Wildman–Crippen LogP) is 2.95. The number of rotatable bonds is 5. The van der Waals surface area contributed by atoms with Gasteiger partial charge in [-0.2, -0.15) is 0 Å². The summed E-state index contributed by atoms with van der Waals surface area (Å²) in [6.45, 7) is 4.82. The number of alkyl halides is 2. The first-order valence-electron chi connectivity index (χ1n) is 10.3. The second-order valence-corrected chi connectivity index (χ2v) is 10.8. The highest BCUT2D eigenvalue weighted by Crippen LogP contribution is 2.60. The molecule has 7 atom stereocenters. The molecule has 2 bridgehead atoms. The monoisotopic (exact) mass is 554 g/mol. The van der Waals surface area contributed by atoms with Gasteiger partial charge >= 0.3 is 5.97 Å². The molecule has 3 aliphatic rings. The third-order valence-electron chi connectivity index (χ3n) is 6.75. The Morgan fingerprint density at radius 3 is 2.26 bits per heavy atom. The first-order valence-corrected chi connectivity index (χ1v) is 12.1. The van der Waals surface area contributed by atoms with Crippen LogP contribution < -0.4 is 5.32 Å². The molecule has 9 heteroatoms. The zero-order valence-corrected chi connectivity index (χ0v) is 20.6. The van der Waals surface area contributed by atoms with Crippen molar-refractivity contribution in [3.05, 3.63) is 29.3 Å². The molecule has 0 aromatic heterocycles. The van der Waals surface area contributed by atoms with Gasteiger partial charge in [-0.25, -0.2) is 4.79 Å². The second-order valence-electron chi connectivity index (χ2n) is 8.70. The number of esters is 1. The lowest BCUT2D eigenvalue weighted by Crippen LogP contribution is -2.45. The second kappa shape index (κ2) is 8.31. The normalized spacial score (nSPS) is 32.2. The number of nitrogens with one attached hydrogen (secondary N) is 1. The molecule has 1 aromatic carbocycles. The van der Waals surface area contributed by atoms with Gasteiger partial charge in [-0.3, -0.25) is 19.3 Å². The van der Waals surface area contributed by atoms with E-state index in [1.165, 1.54) is 6.92 Å². The molecular formula is C22H24Br2N2O5. The molecule has 3 amide bonds. The van der Waals surface area contributed by atoms with Gasteiger partial charge in [0.2, 0.25) is 11.8 Å². The summed E-state index contributed by atoms with van der Waals surface area (Å²) in [5.74, 6) is -2.50. The molecule has 2 saturated carbocycles. The summed E-state index contributed by atoms with van der Waals surface area (Å²) < 4.78 is 5.13. The number of halogens is 2. The Labute approximate surface area is 197 Å². The summed E-state index contributed by atoms with van der Waals surface area (Å²) in [7, 11) is 0. The predicted molar refractivity (Wildman–Crippen MR) is 121 cm³/mol. The van der Waals surface area contributed by atoms with Crippen molar-refractivity contribution >= 4 is 61.2 Å². The molecule has 7 nitrogen and oxygen atoms in total. The highest BCUT2D eigenvalue weighted by Gasteiger charge is 2.67. The minimum atomic E-state index is -1.07. The molecule has 1 aromatic rings. The zero-order valence-electron chi connectivity index (χ0n) is 17.4. The fourth-order valence-electron chi connectivity index (χ4n) is 5.26. The van der Waals surface area contributed by atoms with Gasteiger partial charge in [-0.1, -0.05) is 49.6 Å². The largest absolute Gasteiger partial charge is 0.454 e. The van der Waals surface area contributed by atoms with Crippen LogP contribution in [0.2, 0.25) is 0 Å². The smallest absolute Gasteiger partial charge is 0.329 e. The molecule has 1 N–H and O–H groups in total. The van der Waals surface area contributed by atoms with Gasteiger partial charge in [0.1, 0.15) is 6.04 Å². The average Bonchev–Trinajstić information content (AvgIpc) is 3.32. The van der Waals surface area contributed by atoms with E-state index in [2.05, 4.69) is 37.2 Å². The van der Waals surface area contributed by atoms with E-state index in [0.717, 1.165) is 22.4 Å². The quantitative estimate of drug-likeness (QED) is 0.342. The van der Waals surface area contributed by atoms with Crippen LogP contribution in [0.4, 0.5) is 5.69 Å². The van der Waals surface area contributed by atoms with Gasteiger partial charge in [0.05, 0.1) is 11.8 Å². The first-order chi connectivity index (χ1) is 14.6. The van der Waals surface area contributed by atoms with E-state index in [-0.39, 0.29) is 33.3 Å². The standard InChI is InChI=1S/C22H24Br2N2O5/c1-9-4-5-14(10(2)6-9)25-15(27)8-31-22(30)11(3)26-20(28)16-12-7-13(17(16)21(26)29)19(24)18(12)23/h4-6,11-13,16-19H,7-8H2,1-3H3,(H,25,27)/t11-,12+,13+,16+,17+,18-,19+/m0/s1. The van der Waals surface area contributed by atoms with E-state index < -0.39 is 36.4 Å². The summed E-state index contributed by atoms with van der Waals surface area (Å²) in [6.07, 6.45) is 0.823. The Balaban J connectivity index is 1.37. The van der Waals surface area contributed by atoms with Crippen LogP contribution in [0.15, 0.2) is 18.2 Å². The van der Waals surface area contributed by atoms with Crippen molar-refractivity contribution < 1.29 is 23.9 Å². The number of hydrogen-bond acceptors (Lipinski definition) is 5. The summed E-state index contributed by atoms with van der Waals surface area (Å²) in [5.41, 5.74) is 2.62. The van der Waals surface area contributed by atoms with E-state index in [9.17, 15) is 19.2 Å². The lowest BCUT2D eigenvalue weighted by Gasteiger charge is -2.28. The third kappa shape index (κ3) is 3.73. The van der Waals surface area contributed by atoms with Gasteiger partial charge < -0.3 is 10.1 Å². The van der Waals surface area contributed by atoms with Gasteiger partial charge in [0, 0.05) is 15.3 Å². The highest BCUT2D eigenvalue weighted by molar-refractivity contribution is 9.12. The van der Waals surface area contributed by atoms with Crippen molar-refractivity contribution in [2.24, 2.45) is 23.7 Å². The fraction of sp³-hybridized carbons (Fsp3) is 0.545. The molecule has 4 rings (SSSR count). The number of nitrogens with zero attached hydrogens (tertiary/aromatic N) is 1. The maximum Gasteiger partial charge on any atom is 0.329 e. The molecule has 166 valence electrons.